The van der Waals surface area contributed by atoms with Crippen LogP contribution in [0.3, 0.4) is 0 Å². The average Bonchev–Trinajstić information content (AvgIpc) is 2.33. The molecule has 3 nitrogen and oxygen atoms in total. The summed E-state index contributed by atoms with van der Waals surface area (Å²) in [6, 6.07) is 6.65. The molecule has 0 aliphatic heterocycles. The number of pyridine rings is 1. The van der Waals surface area contributed by atoms with Crippen molar-refractivity contribution in [2.24, 2.45) is 0 Å². The molecule has 1 aromatic carbocycles. The molecule has 0 spiro atoms. The molecule has 19 heavy (non-hydrogen) atoms. The lowest BCUT2D eigenvalue weighted by atomic mass is 10.2. The van der Waals surface area contributed by atoms with Gasteiger partial charge >= 0.3 is 6.18 Å². The lowest BCUT2D eigenvalue weighted by molar-refractivity contribution is -0.137. The van der Waals surface area contributed by atoms with Crippen LogP contribution in [0.25, 0.3) is 0 Å². The molecule has 0 bridgehead atoms. The van der Waals surface area contributed by atoms with E-state index in [1.54, 1.807) is 6.07 Å². The first kappa shape index (κ1) is 13.5. The SMILES string of the molecule is Nc1ccc(Cl)c(Nc2ncccc2C(F)(F)F)c1. The molecule has 2 rings (SSSR count). The van der Waals surface area contributed by atoms with Crippen LogP contribution in [-0.2, 0) is 6.18 Å². The van der Waals surface area contributed by atoms with Crippen molar-refractivity contribution in [1.29, 1.82) is 0 Å². The maximum absolute atomic E-state index is 12.8. The molecule has 0 unspecified atom stereocenters. The molecule has 3 N–H and O–H groups in total. The number of nitrogens with two attached hydrogens (primary N) is 1. The molecule has 100 valence electrons. The highest BCUT2D eigenvalue weighted by Crippen LogP contribution is 2.36. The lowest BCUT2D eigenvalue weighted by Crippen LogP contribution is -2.10. The monoisotopic (exact) mass is 287 g/mol. The van der Waals surface area contributed by atoms with Gasteiger partial charge in [-0.2, -0.15) is 13.2 Å². The molecule has 2 aromatic rings. The topological polar surface area (TPSA) is 50.9 Å². The highest BCUT2D eigenvalue weighted by Gasteiger charge is 2.34. The van der Waals surface area contributed by atoms with Gasteiger partial charge in [0.15, 0.2) is 0 Å². The molecule has 0 saturated heterocycles. The number of aromatic nitrogens is 1. The number of nitrogens with zero attached hydrogens (tertiary/aromatic N) is 1. The van der Waals surface area contributed by atoms with Crippen LogP contribution in [0.2, 0.25) is 5.02 Å². The highest BCUT2D eigenvalue weighted by molar-refractivity contribution is 6.33. The van der Waals surface area contributed by atoms with Crippen molar-refractivity contribution >= 4 is 28.8 Å². The number of benzene rings is 1. The van der Waals surface area contributed by atoms with E-state index in [9.17, 15) is 13.2 Å². The lowest BCUT2D eigenvalue weighted by Gasteiger charge is -2.14. The van der Waals surface area contributed by atoms with Crippen molar-refractivity contribution in [3.63, 3.8) is 0 Å². The Bertz CT molecular complexity index is 599. The Morgan fingerprint density at radius 3 is 2.63 bits per heavy atom. The molecule has 1 heterocycles. The minimum Gasteiger partial charge on any atom is -0.399 e. The first-order chi connectivity index (χ1) is 8.88. The molecular weight excluding hydrogens is 279 g/mol. The minimum atomic E-state index is -4.50. The summed E-state index contributed by atoms with van der Waals surface area (Å²) < 4.78 is 38.4. The van der Waals surface area contributed by atoms with Gasteiger partial charge in [0.1, 0.15) is 5.82 Å². The molecular formula is C12H9ClF3N3. The van der Waals surface area contributed by atoms with Gasteiger partial charge in [0.05, 0.1) is 16.3 Å². The van der Waals surface area contributed by atoms with Gasteiger partial charge < -0.3 is 11.1 Å². The number of nitrogen functional groups attached to an aromatic ring is 1. The van der Waals surface area contributed by atoms with Gasteiger partial charge in [-0.1, -0.05) is 11.6 Å². The third-order valence-corrected chi connectivity index (χ3v) is 2.69. The third kappa shape index (κ3) is 3.08. The molecule has 1 aromatic heterocycles. The number of nitrogens with one attached hydrogen (secondary N) is 1. The van der Waals surface area contributed by atoms with Crippen LogP contribution in [-0.4, -0.2) is 4.98 Å². The van der Waals surface area contributed by atoms with Crippen LogP contribution < -0.4 is 11.1 Å². The van der Waals surface area contributed by atoms with Crippen molar-refractivity contribution in [3.05, 3.63) is 47.1 Å². The zero-order chi connectivity index (χ0) is 14.0. The summed E-state index contributed by atoms with van der Waals surface area (Å²) in [7, 11) is 0. The second-order valence-electron chi connectivity index (χ2n) is 3.76. The number of anilines is 3. The Kier molecular flexibility index (Phi) is 3.53. The Labute approximate surface area is 112 Å². The largest absolute Gasteiger partial charge is 0.419 e. The predicted octanol–water partition coefficient (Wildman–Crippen LogP) is 4.08. The summed E-state index contributed by atoms with van der Waals surface area (Å²) in [4.78, 5) is 3.68. The molecule has 7 heteroatoms. The predicted molar refractivity (Wildman–Crippen MR) is 68.4 cm³/mol. The fourth-order valence-electron chi connectivity index (χ4n) is 1.50. The van der Waals surface area contributed by atoms with Crippen molar-refractivity contribution < 1.29 is 13.2 Å². The summed E-state index contributed by atoms with van der Waals surface area (Å²) >= 11 is 5.89. The minimum absolute atomic E-state index is 0.257. The van der Waals surface area contributed by atoms with Gasteiger partial charge in [0.25, 0.3) is 0 Å². The zero-order valence-corrected chi connectivity index (χ0v) is 10.3. The second-order valence-corrected chi connectivity index (χ2v) is 4.17. The van der Waals surface area contributed by atoms with E-state index < -0.39 is 11.7 Å². The van der Waals surface area contributed by atoms with Crippen LogP contribution >= 0.6 is 11.6 Å². The average molecular weight is 288 g/mol. The Hall–Kier alpha value is -1.95. The zero-order valence-electron chi connectivity index (χ0n) is 9.50. The molecule has 0 atom stereocenters. The summed E-state index contributed by atoms with van der Waals surface area (Å²) in [5, 5.41) is 2.80. The Morgan fingerprint density at radius 1 is 1.21 bits per heavy atom. The number of rotatable bonds is 2. The van der Waals surface area contributed by atoms with E-state index in [2.05, 4.69) is 10.3 Å². The number of alkyl halides is 3. The molecule has 0 fully saturated rings. The quantitative estimate of drug-likeness (QED) is 0.818. The van der Waals surface area contributed by atoms with E-state index in [-0.39, 0.29) is 16.5 Å². The number of hydrogen-bond acceptors (Lipinski definition) is 3. The normalized spacial score (nSPS) is 11.4. The second kappa shape index (κ2) is 4.97. The molecule has 0 amide bonds. The van der Waals surface area contributed by atoms with Gasteiger partial charge in [0.2, 0.25) is 0 Å². The smallest absolute Gasteiger partial charge is 0.399 e. The third-order valence-electron chi connectivity index (χ3n) is 2.36. The summed E-state index contributed by atoms with van der Waals surface area (Å²) in [6.45, 7) is 0. The van der Waals surface area contributed by atoms with Crippen molar-refractivity contribution in [2.75, 3.05) is 11.1 Å². The van der Waals surface area contributed by atoms with Crippen LogP contribution in [0, 0.1) is 0 Å². The van der Waals surface area contributed by atoms with E-state index >= 15 is 0 Å². The van der Waals surface area contributed by atoms with E-state index in [0.717, 1.165) is 6.07 Å². The van der Waals surface area contributed by atoms with Gasteiger partial charge in [-0.05, 0) is 30.3 Å². The number of hydrogen-bond donors (Lipinski definition) is 2. The summed E-state index contributed by atoms with van der Waals surface area (Å²) in [5.74, 6) is -0.317. The molecule has 0 aliphatic carbocycles. The fourth-order valence-corrected chi connectivity index (χ4v) is 1.66. The fraction of sp³-hybridized carbons (Fsp3) is 0.0833. The van der Waals surface area contributed by atoms with Gasteiger partial charge in [0, 0.05) is 11.9 Å². The maximum atomic E-state index is 12.8. The molecule has 0 radical (unpaired) electrons. The van der Waals surface area contributed by atoms with Gasteiger partial charge in [-0.25, -0.2) is 4.98 Å². The van der Waals surface area contributed by atoms with E-state index in [0.29, 0.717) is 5.69 Å². The first-order valence-corrected chi connectivity index (χ1v) is 5.60. The summed E-state index contributed by atoms with van der Waals surface area (Å²) in [5.41, 5.74) is 5.35. The standard InChI is InChI=1S/C12H9ClF3N3/c13-9-4-3-7(17)6-10(9)19-11-8(12(14,15)16)2-1-5-18-11/h1-6H,17H2,(H,18,19). The van der Waals surface area contributed by atoms with Crippen LogP contribution in [0.1, 0.15) is 5.56 Å². The molecule has 0 aliphatic rings. The van der Waals surface area contributed by atoms with Crippen LogP contribution in [0.15, 0.2) is 36.5 Å². The maximum Gasteiger partial charge on any atom is 0.419 e. The van der Waals surface area contributed by atoms with Crippen LogP contribution in [0.5, 0.6) is 0 Å². The number of halogens is 4. The Morgan fingerprint density at radius 2 is 1.95 bits per heavy atom. The van der Waals surface area contributed by atoms with E-state index in [1.165, 1.54) is 24.4 Å². The van der Waals surface area contributed by atoms with Crippen molar-refractivity contribution in [2.45, 2.75) is 6.18 Å². The van der Waals surface area contributed by atoms with Gasteiger partial charge in [-0.3, -0.25) is 0 Å². The van der Waals surface area contributed by atoms with E-state index in [4.69, 9.17) is 17.3 Å². The first-order valence-electron chi connectivity index (χ1n) is 5.22. The molecule has 0 saturated carbocycles. The van der Waals surface area contributed by atoms with Crippen molar-refractivity contribution in [1.82, 2.24) is 4.98 Å². The van der Waals surface area contributed by atoms with Crippen LogP contribution in [0.4, 0.5) is 30.4 Å². The summed E-state index contributed by atoms with van der Waals surface area (Å²) in [6.07, 6.45) is -3.23. The van der Waals surface area contributed by atoms with Gasteiger partial charge in [-0.15, -0.1) is 0 Å². The highest BCUT2D eigenvalue weighted by atomic mass is 35.5. The Balaban J connectivity index is 2.41. The van der Waals surface area contributed by atoms with Crippen molar-refractivity contribution in [3.8, 4) is 0 Å². The van der Waals surface area contributed by atoms with E-state index in [1.807, 2.05) is 0 Å².